The number of para-hydroxylation sites is 2. The zero-order chi connectivity index (χ0) is 16.1. The molecule has 23 heavy (non-hydrogen) atoms. The highest BCUT2D eigenvalue weighted by Crippen LogP contribution is 2.11. The lowest BCUT2D eigenvalue weighted by molar-refractivity contribution is -0.116. The largest absolute Gasteiger partial charge is 0.352 e. The second kappa shape index (κ2) is 7.24. The Hall–Kier alpha value is -2.40. The van der Waals surface area contributed by atoms with Crippen molar-refractivity contribution >= 4 is 38.9 Å². The molecule has 5 heteroatoms. The van der Waals surface area contributed by atoms with Gasteiger partial charge in [-0.15, -0.1) is 0 Å². The molecule has 2 aromatic carbocycles. The number of aromatic nitrogens is 2. The van der Waals surface area contributed by atoms with Gasteiger partial charge in [-0.1, -0.05) is 40.2 Å². The molecule has 0 aliphatic rings. The Bertz CT molecular complexity index is 804. The van der Waals surface area contributed by atoms with Crippen LogP contribution in [0.1, 0.15) is 11.4 Å². The maximum absolute atomic E-state index is 11.8. The number of H-pyrrole nitrogens is 1. The molecule has 1 aromatic heterocycles. The summed E-state index contributed by atoms with van der Waals surface area (Å²) in [6.45, 7) is 0.545. The van der Waals surface area contributed by atoms with Crippen LogP contribution in [-0.2, 0) is 11.2 Å². The first-order chi connectivity index (χ1) is 11.2. The van der Waals surface area contributed by atoms with E-state index < -0.39 is 0 Å². The third-order valence-corrected chi connectivity index (χ3v) is 3.93. The van der Waals surface area contributed by atoms with E-state index in [1.807, 2.05) is 48.5 Å². The van der Waals surface area contributed by atoms with Gasteiger partial charge in [-0.3, -0.25) is 4.79 Å². The number of nitrogens with one attached hydrogen (secondary N) is 2. The Labute approximate surface area is 142 Å². The summed E-state index contributed by atoms with van der Waals surface area (Å²) < 4.78 is 1.02. The van der Waals surface area contributed by atoms with Crippen LogP contribution < -0.4 is 5.32 Å². The monoisotopic (exact) mass is 369 g/mol. The minimum absolute atomic E-state index is 0.107. The Kier molecular flexibility index (Phi) is 4.88. The maximum Gasteiger partial charge on any atom is 0.244 e. The van der Waals surface area contributed by atoms with E-state index in [9.17, 15) is 4.79 Å². The number of aromatic amines is 1. The Morgan fingerprint density at radius 2 is 1.96 bits per heavy atom. The number of imidazole rings is 1. The van der Waals surface area contributed by atoms with Gasteiger partial charge in [0.05, 0.1) is 11.0 Å². The summed E-state index contributed by atoms with van der Waals surface area (Å²) in [5.41, 5.74) is 2.95. The zero-order valence-corrected chi connectivity index (χ0v) is 14.0. The van der Waals surface area contributed by atoms with Crippen LogP contribution in [-0.4, -0.2) is 22.4 Å². The summed E-state index contributed by atoms with van der Waals surface area (Å²) in [6, 6.07) is 15.7. The average Bonchev–Trinajstić information content (AvgIpc) is 2.97. The molecule has 116 valence electrons. The van der Waals surface area contributed by atoms with E-state index in [0.717, 1.165) is 26.9 Å². The van der Waals surface area contributed by atoms with Crippen molar-refractivity contribution in [1.82, 2.24) is 15.3 Å². The van der Waals surface area contributed by atoms with Crippen molar-refractivity contribution in [1.29, 1.82) is 0 Å². The van der Waals surface area contributed by atoms with Crippen LogP contribution in [0, 0.1) is 0 Å². The first-order valence-corrected chi connectivity index (χ1v) is 8.15. The fourth-order valence-corrected chi connectivity index (χ4v) is 2.50. The normalized spacial score (nSPS) is 11.2. The minimum Gasteiger partial charge on any atom is -0.352 e. The Morgan fingerprint density at radius 1 is 1.17 bits per heavy atom. The first kappa shape index (κ1) is 15.5. The van der Waals surface area contributed by atoms with Crippen LogP contribution in [0.15, 0.2) is 59.1 Å². The van der Waals surface area contributed by atoms with Crippen LogP contribution in [0.3, 0.4) is 0 Å². The number of carbonyl (C=O) groups is 1. The van der Waals surface area contributed by atoms with Crippen molar-refractivity contribution in [2.75, 3.05) is 6.54 Å². The summed E-state index contributed by atoms with van der Waals surface area (Å²) >= 11 is 3.38. The molecule has 0 bridgehead atoms. The summed E-state index contributed by atoms with van der Waals surface area (Å²) in [5, 5.41) is 2.86. The molecule has 4 nitrogen and oxygen atoms in total. The van der Waals surface area contributed by atoms with E-state index in [1.54, 1.807) is 12.2 Å². The molecule has 0 aliphatic carbocycles. The standard InChI is InChI=1S/C18H16BrN3O/c19-14-8-5-13(6-9-14)7-10-18(23)20-12-11-17-21-15-3-1-2-4-16(15)22-17/h1-10H,11-12H2,(H,20,23)(H,21,22)/b10-7+. The Balaban J connectivity index is 1.49. The minimum atomic E-state index is -0.107. The molecule has 3 rings (SSSR count). The van der Waals surface area contributed by atoms with Gasteiger partial charge in [0.15, 0.2) is 0 Å². The van der Waals surface area contributed by atoms with Crippen LogP contribution in [0.25, 0.3) is 17.1 Å². The van der Waals surface area contributed by atoms with E-state index in [0.29, 0.717) is 13.0 Å². The number of hydrogen-bond acceptors (Lipinski definition) is 2. The van der Waals surface area contributed by atoms with Crippen LogP contribution in [0.5, 0.6) is 0 Å². The number of fused-ring (bicyclic) bond motifs is 1. The van der Waals surface area contributed by atoms with Gasteiger partial charge in [0.1, 0.15) is 5.82 Å². The van der Waals surface area contributed by atoms with Gasteiger partial charge in [-0.05, 0) is 35.9 Å². The van der Waals surface area contributed by atoms with Gasteiger partial charge in [0.2, 0.25) is 5.91 Å². The van der Waals surface area contributed by atoms with E-state index in [4.69, 9.17) is 0 Å². The molecule has 1 heterocycles. The van der Waals surface area contributed by atoms with Gasteiger partial charge in [0, 0.05) is 23.5 Å². The summed E-state index contributed by atoms with van der Waals surface area (Å²) in [7, 11) is 0. The molecule has 0 atom stereocenters. The third kappa shape index (κ3) is 4.29. The van der Waals surface area contributed by atoms with Crippen LogP contribution in [0.4, 0.5) is 0 Å². The van der Waals surface area contributed by atoms with Crippen molar-refractivity contribution < 1.29 is 4.79 Å². The molecule has 3 aromatic rings. The molecule has 0 unspecified atom stereocenters. The number of rotatable bonds is 5. The number of benzene rings is 2. The molecule has 2 N–H and O–H groups in total. The van der Waals surface area contributed by atoms with Crippen molar-refractivity contribution in [2.24, 2.45) is 0 Å². The zero-order valence-electron chi connectivity index (χ0n) is 12.4. The highest BCUT2D eigenvalue weighted by Gasteiger charge is 2.02. The van der Waals surface area contributed by atoms with Crippen molar-refractivity contribution in [2.45, 2.75) is 6.42 Å². The number of halogens is 1. The fraction of sp³-hybridized carbons (Fsp3) is 0.111. The second-order valence-corrected chi connectivity index (χ2v) is 6.04. The summed E-state index contributed by atoms with van der Waals surface area (Å²) in [6.07, 6.45) is 4.01. The molecule has 0 saturated carbocycles. The molecule has 0 aliphatic heterocycles. The van der Waals surface area contributed by atoms with Crippen molar-refractivity contribution in [3.05, 3.63) is 70.5 Å². The maximum atomic E-state index is 11.8. The Morgan fingerprint density at radius 3 is 2.74 bits per heavy atom. The molecule has 0 saturated heterocycles. The number of nitrogens with zero attached hydrogens (tertiary/aromatic N) is 1. The number of carbonyl (C=O) groups excluding carboxylic acids is 1. The molecule has 0 fully saturated rings. The molecule has 1 amide bonds. The lowest BCUT2D eigenvalue weighted by Gasteiger charge is -2.00. The number of hydrogen-bond donors (Lipinski definition) is 2. The quantitative estimate of drug-likeness (QED) is 0.673. The third-order valence-electron chi connectivity index (χ3n) is 3.40. The van der Waals surface area contributed by atoms with Crippen molar-refractivity contribution in [3.63, 3.8) is 0 Å². The van der Waals surface area contributed by atoms with E-state index in [1.165, 1.54) is 0 Å². The SMILES string of the molecule is O=C(/C=C/c1ccc(Br)cc1)NCCc1nc2ccccc2[nH]1. The molecular formula is C18H16BrN3O. The predicted octanol–water partition coefficient (Wildman–Crippen LogP) is 3.70. The lowest BCUT2D eigenvalue weighted by Crippen LogP contribution is -2.23. The van der Waals surface area contributed by atoms with E-state index in [-0.39, 0.29) is 5.91 Å². The molecule has 0 radical (unpaired) electrons. The van der Waals surface area contributed by atoms with Gasteiger partial charge >= 0.3 is 0 Å². The van der Waals surface area contributed by atoms with Gasteiger partial charge in [-0.25, -0.2) is 4.98 Å². The highest BCUT2D eigenvalue weighted by atomic mass is 79.9. The first-order valence-electron chi connectivity index (χ1n) is 7.36. The smallest absolute Gasteiger partial charge is 0.244 e. The highest BCUT2D eigenvalue weighted by molar-refractivity contribution is 9.10. The van der Waals surface area contributed by atoms with Crippen LogP contribution in [0.2, 0.25) is 0 Å². The number of amides is 1. The van der Waals surface area contributed by atoms with Gasteiger partial charge in [0.25, 0.3) is 0 Å². The molecule has 0 spiro atoms. The summed E-state index contributed by atoms with van der Waals surface area (Å²) in [5.74, 6) is 0.771. The lowest BCUT2D eigenvalue weighted by atomic mass is 10.2. The van der Waals surface area contributed by atoms with Gasteiger partial charge < -0.3 is 10.3 Å². The van der Waals surface area contributed by atoms with E-state index in [2.05, 4.69) is 31.2 Å². The molecular weight excluding hydrogens is 354 g/mol. The van der Waals surface area contributed by atoms with Crippen LogP contribution >= 0.6 is 15.9 Å². The van der Waals surface area contributed by atoms with Crippen molar-refractivity contribution in [3.8, 4) is 0 Å². The average molecular weight is 370 g/mol. The predicted molar refractivity (Wildman–Crippen MR) is 96.0 cm³/mol. The van der Waals surface area contributed by atoms with Gasteiger partial charge in [-0.2, -0.15) is 0 Å². The second-order valence-electron chi connectivity index (χ2n) is 5.13. The van der Waals surface area contributed by atoms with E-state index >= 15 is 0 Å². The summed E-state index contributed by atoms with van der Waals surface area (Å²) in [4.78, 5) is 19.5. The topological polar surface area (TPSA) is 57.8 Å². The fourth-order valence-electron chi connectivity index (χ4n) is 2.23.